The number of carboxylic acid groups (broad SMARTS) is 1. The number of rotatable bonds is 8. The summed E-state index contributed by atoms with van der Waals surface area (Å²) in [6, 6.07) is 10.2. The standard InChI is InChI=1S/C20H22N4O5/c1-4-16-18(19(25)21-11-15-9-10-17(29-15)20(26)27)22-23-24(16)13-5-7-14(8-6-13)28-12(2)3/h5-10,12H,4,11H2,1-3H3,(H,21,25)(H,26,27). The minimum Gasteiger partial charge on any atom is -0.491 e. The molecule has 0 aliphatic rings. The number of aromatic nitrogens is 3. The van der Waals surface area contributed by atoms with Crippen molar-refractivity contribution in [1.82, 2.24) is 20.3 Å². The molecule has 2 aromatic heterocycles. The number of nitrogens with zero attached hydrogens (tertiary/aromatic N) is 3. The van der Waals surface area contributed by atoms with Crippen LogP contribution in [0.2, 0.25) is 0 Å². The van der Waals surface area contributed by atoms with Gasteiger partial charge in [-0.1, -0.05) is 12.1 Å². The first-order chi connectivity index (χ1) is 13.9. The Morgan fingerprint density at radius 2 is 1.93 bits per heavy atom. The number of carbonyl (C=O) groups excluding carboxylic acids is 1. The van der Waals surface area contributed by atoms with Crippen molar-refractivity contribution in [3.63, 3.8) is 0 Å². The van der Waals surface area contributed by atoms with Crippen molar-refractivity contribution in [2.75, 3.05) is 0 Å². The van der Waals surface area contributed by atoms with E-state index in [0.717, 1.165) is 11.4 Å². The van der Waals surface area contributed by atoms with E-state index in [1.165, 1.54) is 12.1 Å². The lowest BCUT2D eigenvalue weighted by atomic mass is 10.2. The van der Waals surface area contributed by atoms with Crippen LogP contribution in [-0.2, 0) is 13.0 Å². The number of furan rings is 1. The summed E-state index contributed by atoms with van der Waals surface area (Å²) in [5.41, 5.74) is 1.63. The Kier molecular flexibility index (Phi) is 5.96. The first-order valence-electron chi connectivity index (χ1n) is 9.21. The third kappa shape index (κ3) is 4.63. The van der Waals surface area contributed by atoms with Gasteiger partial charge in [-0.2, -0.15) is 0 Å². The maximum absolute atomic E-state index is 12.6. The number of ether oxygens (including phenoxy) is 1. The summed E-state index contributed by atoms with van der Waals surface area (Å²) in [6.45, 7) is 5.87. The Balaban J connectivity index is 1.74. The van der Waals surface area contributed by atoms with E-state index in [1.807, 2.05) is 45.0 Å². The highest BCUT2D eigenvalue weighted by atomic mass is 16.5. The Labute approximate surface area is 167 Å². The molecule has 0 unspecified atom stereocenters. The molecule has 0 aliphatic carbocycles. The number of carbonyl (C=O) groups is 2. The molecule has 152 valence electrons. The van der Waals surface area contributed by atoms with Crippen LogP contribution < -0.4 is 10.1 Å². The molecular weight excluding hydrogens is 376 g/mol. The molecule has 0 aliphatic heterocycles. The Hall–Kier alpha value is -3.62. The average molecular weight is 398 g/mol. The van der Waals surface area contributed by atoms with Crippen molar-refractivity contribution < 1.29 is 23.8 Å². The topological polar surface area (TPSA) is 119 Å². The molecule has 2 N–H and O–H groups in total. The molecule has 29 heavy (non-hydrogen) atoms. The predicted molar refractivity (Wildman–Crippen MR) is 103 cm³/mol. The van der Waals surface area contributed by atoms with Gasteiger partial charge in [0, 0.05) is 0 Å². The van der Waals surface area contributed by atoms with Gasteiger partial charge >= 0.3 is 5.97 Å². The number of hydrogen-bond donors (Lipinski definition) is 2. The molecule has 0 saturated carbocycles. The summed E-state index contributed by atoms with van der Waals surface area (Å²) in [5, 5.41) is 19.7. The minimum absolute atomic E-state index is 0.0450. The highest BCUT2D eigenvalue weighted by Gasteiger charge is 2.20. The van der Waals surface area contributed by atoms with E-state index in [1.54, 1.807) is 4.68 Å². The molecule has 0 fully saturated rings. The van der Waals surface area contributed by atoms with Crippen molar-refractivity contribution in [3.05, 3.63) is 59.3 Å². The number of amides is 1. The van der Waals surface area contributed by atoms with Gasteiger partial charge in [0.15, 0.2) is 5.69 Å². The fourth-order valence-electron chi connectivity index (χ4n) is 2.78. The molecule has 0 spiro atoms. The van der Waals surface area contributed by atoms with Gasteiger partial charge in [-0.3, -0.25) is 4.79 Å². The van der Waals surface area contributed by atoms with E-state index in [0.29, 0.717) is 17.9 Å². The maximum Gasteiger partial charge on any atom is 0.371 e. The molecule has 2 heterocycles. The van der Waals surface area contributed by atoms with E-state index >= 15 is 0 Å². The van der Waals surface area contributed by atoms with E-state index in [2.05, 4.69) is 15.6 Å². The van der Waals surface area contributed by atoms with Gasteiger partial charge in [0.25, 0.3) is 5.91 Å². The van der Waals surface area contributed by atoms with Gasteiger partial charge in [-0.15, -0.1) is 5.10 Å². The quantitative estimate of drug-likeness (QED) is 0.599. The normalized spacial score (nSPS) is 10.9. The summed E-state index contributed by atoms with van der Waals surface area (Å²) in [6.07, 6.45) is 0.624. The van der Waals surface area contributed by atoms with Crippen molar-refractivity contribution in [3.8, 4) is 11.4 Å². The van der Waals surface area contributed by atoms with Crippen molar-refractivity contribution >= 4 is 11.9 Å². The zero-order chi connectivity index (χ0) is 21.0. The lowest BCUT2D eigenvalue weighted by Crippen LogP contribution is -2.24. The third-order valence-electron chi connectivity index (χ3n) is 4.06. The smallest absolute Gasteiger partial charge is 0.371 e. The van der Waals surface area contributed by atoms with Gasteiger partial charge in [0.05, 0.1) is 24.0 Å². The van der Waals surface area contributed by atoms with Crippen LogP contribution in [0.3, 0.4) is 0 Å². The van der Waals surface area contributed by atoms with Crippen LogP contribution in [0, 0.1) is 0 Å². The van der Waals surface area contributed by atoms with Gasteiger partial charge in [0.2, 0.25) is 5.76 Å². The van der Waals surface area contributed by atoms with E-state index < -0.39 is 11.9 Å². The Morgan fingerprint density at radius 1 is 1.21 bits per heavy atom. The summed E-state index contributed by atoms with van der Waals surface area (Å²) < 4.78 is 12.4. The Morgan fingerprint density at radius 3 is 2.52 bits per heavy atom. The van der Waals surface area contributed by atoms with Crippen molar-refractivity contribution in [2.24, 2.45) is 0 Å². The highest BCUT2D eigenvalue weighted by molar-refractivity contribution is 5.93. The number of hydrogen-bond acceptors (Lipinski definition) is 6. The molecule has 3 aromatic rings. The number of benzene rings is 1. The second-order valence-corrected chi connectivity index (χ2v) is 6.56. The summed E-state index contributed by atoms with van der Waals surface area (Å²) in [4.78, 5) is 23.4. The zero-order valence-electron chi connectivity index (χ0n) is 16.4. The van der Waals surface area contributed by atoms with Gasteiger partial charge < -0.3 is 19.6 Å². The summed E-state index contributed by atoms with van der Waals surface area (Å²) in [5.74, 6) is -0.676. The van der Waals surface area contributed by atoms with Crippen LogP contribution in [0.5, 0.6) is 5.75 Å². The van der Waals surface area contributed by atoms with E-state index in [4.69, 9.17) is 14.3 Å². The lowest BCUT2D eigenvalue weighted by molar-refractivity contribution is 0.0660. The van der Waals surface area contributed by atoms with Crippen molar-refractivity contribution in [2.45, 2.75) is 39.8 Å². The van der Waals surface area contributed by atoms with Gasteiger partial charge in [-0.05, 0) is 56.7 Å². The van der Waals surface area contributed by atoms with Gasteiger partial charge in [-0.25, -0.2) is 9.48 Å². The second-order valence-electron chi connectivity index (χ2n) is 6.56. The SMILES string of the molecule is CCc1c(C(=O)NCc2ccc(C(=O)O)o2)nnn1-c1ccc(OC(C)C)cc1. The first-order valence-corrected chi connectivity index (χ1v) is 9.21. The van der Waals surface area contributed by atoms with Gasteiger partial charge in [0.1, 0.15) is 11.5 Å². The number of nitrogens with one attached hydrogen (secondary N) is 1. The molecule has 0 radical (unpaired) electrons. The summed E-state index contributed by atoms with van der Waals surface area (Å²) in [7, 11) is 0. The van der Waals surface area contributed by atoms with Crippen LogP contribution in [0.4, 0.5) is 0 Å². The molecule has 9 nitrogen and oxygen atoms in total. The average Bonchev–Trinajstić information content (AvgIpc) is 3.33. The van der Waals surface area contributed by atoms with E-state index in [9.17, 15) is 9.59 Å². The first kappa shape index (κ1) is 20.1. The largest absolute Gasteiger partial charge is 0.491 e. The molecule has 0 saturated heterocycles. The molecule has 3 rings (SSSR count). The predicted octanol–water partition coefficient (Wildman–Crippen LogP) is 2.84. The van der Waals surface area contributed by atoms with E-state index in [-0.39, 0.29) is 24.1 Å². The highest BCUT2D eigenvalue weighted by Crippen LogP contribution is 2.19. The van der Waals surface area contributed by atoms with Crippen LogP contribution in [0.15, 0.2) is 40.8 Å². The minimum atomic E-state index is -1.16. The van der Waals surface area contributed by atoms with Crippen LogP contribution >= 0.6 is 0 Å². The third-order valence-corrected chi connectivity index (χ3v) is 4.06. The Bertz CT molecular complexity index is 1000. The monoisotopic (exact) mass is 398 g/mol. The van der Waals surface area contributed by atoms with Crippen LogP contribution in [0.25, 0.3) is 5.69 Å². The summed E-state index contributed by atoms with van der Waals surface area (Å²) >= 11 is 0. The molecule has 1 aromatic carbocycles. The fourth-order valence-corrected chi connectivity index (χ4v) is 2.78. The molecule has 0 atom stereocenters. The second kappa shape index (κ2) is 8.59. The van der Waals surface area contributed by atoms with Crippen LogP contribution in [0.1, 0.15) is 53.3 Å². The van der Waals surface area contributed by atoms with Crippen LogP contribution in [-0.4, -0.2) is 38.1 Å². The van der Waals surface area contributed by atoms with Crippen molar-refractivity contribution in [1.29, 1.82) is 0 Å². The lowest BCUT2D eigenvalue weighted by Gasteiger charge is -2.11. The fraction of sp³-hybridized carbons (Fsp3) is 0.300. The molecule has 9 heteroatoms. The number of carboxylic acids is 1. The molecule has 0 bridgehead atoms. The zero-order valence-corrected chi connectivity index (χ0v) is 16.4. The molecular formula is C20H22N4O5. The number of aromatic carboxylic acids is 1. The molecule has 1 amide bonds. The maximum atomic E-state index is 12.6.